The standard InChI is InChI=1S/C19H19ClN6O2/c1-28-11-8-21-18(27)7-6-17-22-23-19-16-12-15(13-2-4-14(20)5-3-13)24-26(16)10-9-25(17)19/h2-5,9-10,12H,6-8,11H2,1H3,(H,21,27). The van der Waals surface area contributed by atoms with Crippen molar-refractivity contribution >= 4 is 28.7 Å². The monoisotopic (exact) mass is 398 g/mol. The van der Waals surface area contributed by atoms with Gasteiger partial charge >= 0.3 is 0 Å². The molecule has 9 heteroatoms. The number of methoxy groups -OCH3 is 1. The quantitative estimate of drug-likeness (QED) is 0.483. The van der Waals surface area contributed by atoms with Gasteiger partial charge in [-0.05, 0) is 18.2 Å². The molecule has 0 saturated carbocycles. The van der Waals surface area contributed by atoms with Crippen molar-refractivity contribution < 1.29 is 9.53 Å². The number of benzene rings is 1. The molecule has 0 radical (unpaired) electrons. The first-order chi connectivity index (χ1) is 13.7. The second kappa shape index (κ2) is 7.95. The maximum atomic E-state index is 11.9. The van der Waals surface area contributed by atoms with Crippen molar-refractivity contribution in [2.45, 2.75) is 12.8 Å². The molecule has 0 aliphatic heterocycles. The van der Waals surface area contributed by atoms with Crippen LogP contribution < -0.4 is 5.32 Å². The molecular formula is C19H19ClN6O2. The average Bonchev–Trinajstić information content (AvgIpc) is 3.31. The van der Waals surface area contributed by atoms with Gasteiger partial charge in [-0.15, -0.1) is 10.2 Å². The highest BCUT2D eigenvalue weighted by Gasteiger charge is 2.13. The Hall–Kier alpha value is -2.97. The number of amides is 1. The summed E-state index contributed by atoms with van der Waals surface area (Å²) in [6.07, 6.45) is 4.55. The highest BCUT2D eigenvalue weighted by molar-refractivity contribution is 6.30. The van der Waals surface area contributed by atoms with Crippen molar-refractivity contribution in [2.24, 2.45) is 0 Å². The van der Waals surface area contributed by atoms with Crippen molar-refractivity contribution in [3.63, 3.8) is 0 Å². The molecule has 0 aliphatic carbocycles. The second-order valence-corrected chi connectivity index (χ2v) is 6.75. The summed E-state index contributed by atoms with van der Waals surface area (Å²) in [5.74, 6) is 0.692. The minimum atomic E-state index is -0.0377. The van der Waals surface area contributed by atoms with E-state index in [1.807, 2.05) is 47.1 Å². The Balaban J connectivity index is 1.57. The van der Waals surface area contributed by atoms with E-state index < -0.39 is 0 Å². The van der Waals surface area contributed by atoms with E-state index in [9.17, 15) is 4.79 Å². The number of rotatable bonds is 7. The van der Waals surface area contributed by atoms with Crippen LogP contribution in [0.25, 0.3) is 22.4 Å². The summed E-state index contributed by atoms with van der Waals surface area (Å²) in [5.41, 5.74) is 3.34. The summed E-state index contributed by atoms with van der Waals surface area (Å²) >= 11 is 5.96. The SMILES string of the molecule is COCCNC(=O)CCc1nnc2c3cc(-c4ccc(Cl)cc4)nn3ccn12. The minimum absolute atomic E-state index is 0.0377. The van der Waals surface area contributed by atoms with Crippen molar-refractivity contribution in [3.8, 4) is 11.3 Å². The topological polar surface area (TPSA) is 85.8 Å². The average molecular weight is 399 g/mol. The lowest BCUT2D eigenvalue weighted by Gasteiger charge is -2.04. The number of carbonyl (C=O) groups excluding carboxylic acids is 1. The van der Waals surface area contributed by atoms with Crippen LogP contribution in [-0.2, 0) is 16.0 Å². The largest absolute Gasteiger partial charge is 0.383 e. The van der Waals surface area contributed by atoms with E-state index in [0.717, 1.165) is 22.6 Å². The third-order valence-electron chi connectivity index (χ3n) is 4.43. The molecular weight excluding hydrogens is 380 g/mol. The van der Waals surface area contributed by atoms with E-state index in [2.05, 4.69) is 20.6 Å². The third-order valence-corrected chi connectivity index (χ3v) is 4.68. The van der Waals surface area contributed by atoms with Crippen LogP contribution in [0.15, 0.2) is 42.7 Å². The summed E-state index contributed by atoms with van der Waals surface area (Å²) in [4.78, 5) is 11.9. The number of carbonyl (C=O) groups is 1. The minimum Gasteiger partial charge on any atom is -0.383 e. The smallest absolute Gasteiger partial charge is 0.220 e. The molecule has 1 aromatic carbocycles. The van der Waals surface area contributed by atoms with Crippen molar-refractivity contribution in [3.05, 3.63) is 53.6 Å². The Labute approximate surface area is 166 Å². The molecule has 1 N–H and O–H groups in total. The number of ether oxygens (including phenoxy) is 1. The second-order valence-electron chi connectivity index (χ2n) is 6.32. The third kappa shape index (κ3) is 3.69. The first kappa shape index (κ1) is 18.4. The molecule has 144 valence electrons. The molecule has 0 atom stereocenters. The number of hydrogen-bond acceptors (Lipinski definition) is 5. The Bertz CT molecular complexity index is 1120. The van der Waals surface area contributed by atoms with E-state index in [1.54, 1.807) is 11.6 Å². The maximum Gasteiger partial charge on any atom is 0.220 e. The van der Waals surface area contributed by atoms with E-state index in [-0.39, 0.29) is 5.91 Å². The zero-order chi connectivity index (χ0) is 19.5. The first-order valence-electron chi connectivity index (χ1n) is 8.89. The molecule has 0 unspecified atom stereocenters. The van der Waals surface area contributed by atoms with Gasteiger partial charge in [0.2, 0.25) is 5.91 Å². The summed E-state index contributed by atoms with van der Waals surface area (Å²) in [6, 6.07) is 9.50. The van der Waals surface area contributed by atoms with Gasteiger partial charge in [-0.1, -0.05) is 23.7 Å². The number of aromatic nitrogens is 5. The van der Waals surface area contributed by atoms with Gasteiger partial charge < -0.3 is 10.1 Å². The molecule has 4 rings (SSSR count). The summed E-state index contributed by atoms with van der Waals surface area (Å²) in [5, 5.41) is 16.7. The molecule has 0 fully saturated rings. The zero-order valence-corrected chi connectivity index (χ0v) is 16.1. The van der Waals surface area contributed by atoms with Gasteiger partial charge in [0.25, 0.3) is 0 Å². The lowest BCUT2D eigenvalue weighted by atomic mass is 10.1. The lowest BCUT2D eigenvalue weighted by molar-refractivity contribution is -0.121. The van der Waals surface area contributed by atoms with Gasteiger partial charge in [0.05, 0.1) is 12.3 Å². The highest BCUT2D eigenvalue weighted by Crippen LogP contribution is 2.23. The molecule has 0 saturated heterocycles. The number of aryl methyl sites for hydroxylation is 1. The van der Waals surface area contributed by atoms with E-state index in [1.165, 1.54) is 0 Å². The molecule has 0 aliphatic rings. The van der Waals surface area contributed by atoms with Crippen LogP contribution in [0.1, 0.15) is 12.2 Å². The molecule has 0 spiro atoms. The Morgan fingerprint density at radius 2 is 2.04 bits per heavy atom. The van der Waals surface area contributed by atoms with Crippen LogP contribution in [0.5, 0.6) is 0 Å². The Morgan fingerprint density at radius 1 is 1.21 bits per heavy atom. The molecule has 4 aromatic rings. The van der Waals surface area contributed by atoms with Gasteiger partial charge in [-0.3, -0.25) is 9.20 Å². The van der Waals surface area contributed by atoms with E-state index in [4.69, 9.17) is 16.3 Å². The molecule has 3 heterocycles. The zero-order valence-electron chi connectivity index (χ0n) is 15.3. The summed E-state index contributed by atoms with van der Waals surface area (Å²) < 4.78 is 8.59. The van der Waals surface area contributed by atoms with Crippen LogP contribution in [0.4, 0.5) is 0 Å². The lowest BCUT2D eigenvalue weighted by Crippen LogP contribution is -2.27. The normalized spacial score (nSPS) is 11.4. The number of nitrogens with one attached hydrogen (secondary N) is 1. The van der Waals surface area contributed by atoms with Gasteiger partial charge in [-0.2, -0.15) is 5.10 Å². The van der Waals surface area contributed by atoms with Crippen LogP contribution in [0.3, 0.4) is 0 Å². The molecule has 3 aromatic heterocycles. The predicted molar refractivity (Wildman–Crippen MR) is 105 cm³/mol. The van der Waals surface area contributed by atoms with Crippen LogP contribution in [0, 0.1) is 0 Å². The number of hydrogen-bond donors (Lipinski definition) is 1. The van der Waals surface area contributed by atoms with Crippen molar-refractivity contribution in [1.82, 2.24) is 29.5 Å². The van der Waals surface area contributed by atoms with Crippen molar-refractivity contribution in [1.29, 1.82) is 0 Å². The fourth-order valence-corrected chi connectivity index (χ4v) is 3.12. The predicted octanol–water partition coefficient (Wildman–Crippen LogP) is 2.39. The number of fused-ring (bicyclic) bond motifs is 3. The van der Waals surface area contributed by atoms with Gasteiger partial charge in [0.15, 0.2) is 5.65 Å². The fraction of sp³-hybridized carbons (Fsp3) is 0.263. The molecule has 0 bridgehead atoms. The first-order valence-corrected chi connectivity index (χ1v) is 9.27. The molecule has 8 nitrogen and oxygen atoms in total. The van der Waals surface area contributed by atoms with Gasteiger partial charge in [0, 0.05) is 49.5 Å². The number of halogens is 1. The fourth-order valence-electron chi connectivity index (χ4n) is 3.00. The Morgan fingerprint density at radius 3 is 2.82 bits per heavy atom. The van der Waals surface area contributed by atoms with Crippen LogP contribution >= 0.6 is 11.6 Å². The van der Waals surface area contributed by atoms with E-state index >= 15 is 0 Å². The summed E-state index contributed by atoms with van der Waals surface area (Å²) in [7, 11) is 1.60. The Kier molecular flexibility index (Phi) is 5.23. The van der Waals surface area contributed by atoms with Crippen LogP contribution in [0.2, 0.25) is 5.02 Å². The van der Waals surface area contributed by atoms with E-state index in [0.29, 0.717) is 36.7 Å². The van der Waals surface area contributed by atoms with Crippen LogP contribution in [-0.4, -0.2) is 50.4 Å². The highest BCUT2D eigenvalue weighted by atomic mass is 35.5. The maximum absolute atomic E-state index is 11.9. The van der Waals surface area contributed by atoms with Gasteiger partial charge in [-0.25, -0.2) is 4.52 Å². The van der Waals surface area contributed by atoms with Gasteiger partial charge in [0.1, 0.15) is 11.3 Å². The molecule has 1 amide bonds. The van der Waals surface area contributed by atoms with Crippen molar-refractivity contribution in [2.75, 3.05) is 20.3 Å². The summed E-state index contributed by atoms with van der Waals surface area (Å²) in [6.45, 7) is 0.995. The molecule has 28 heavy (non-hydrogen) atoms. The number of nitrogens with zero attached hydrogens (tertiary/aromatic N) is 5.